The highest BCUT2D eigenvalue weighted by Crippen LogP contribution is 2.44. The number of pyridine rings is 2. The lowest BCUT2D eigenvalue weighted by molar-refractivity contribution is -0.481. The lowest BCUT2D eigenvalue weighted by atomic mass is 9.93. The fourth-order valence-corrected chi connectivity index (χ4v) is 4.56. The molecule has 1 aliphatic rings. The van der Waals surface area contributed by atoms with E-state index in [9.17, 15) is 13.2 Å². The Hall–Kier alpha value is -3.95. The Morgan fingerprint density at radius 3 is 2.08 bits per heavy atom. The molecular weight excluding hydrogens is 491 g/mol. The van der Waals surface area contributed by atoms with Gasteiger partial charge in [0.1, 0.15) is 5.75 Å². The predicted octanol–water partition coefficient (Wildman–Crippen LogP) is 5.95. The topological polar surface area (TPSA) is 70.5 Å². The van der Waals surface area contributed by atoms with Crippen molar-refractivity contribution in [2.75, 3.05) is 7.11 Å². The zero-order valence-electron chi connectivity index (χ0n) is 18.8. The molecule has 0 aliphatic carbocycles. The van der Waals surface area contributed by atoms with Gasteiger partial charge in [-0.15, -0.1) is 0 Å². The quantitative estimate of drug-likeness (QED) is 0.125. The third-order valence-corrected chi connectivity index (χ3v) is 6.59. The Kier molecular flexibility index (Phi) is 5.69. The summed E-state index contributed by atoms with van der Waals surface area (Å²) in [5, 5.41) is 2.45. The van der Waals surface area contributed by atoms with E-state index in [0.29, 0.717) is 0 Å². The number of benzene rings is 3. The van der Waals surface area contributed by atoms with Crippen LogP contribution < -0.4 is 9.14 Å². The second-order valence-electron chi connectivity index (χ2n) is 8.08. The van der Waals surface area contributed by atoms with Gasteiger partial charge in [-0.25, -0.2) is 8.42 Å². The molecule has 9 heteroatoms. The summed E-state index contributed by atoms with van der Waals surface area (Å²) in [6.07, 6.45) is 0. The summed E-state index contributed by atoms with van der Waals surface area (Å²) in [7, 11) is -4.36. The molecule has 0 saturated heterocycles. The molecule has 0 bridgehead atoms. The van der Waals surface area contributed by atoms with E-state index in [1.54, 1.807) is 7.11 Å². The van der Waals surface area contributed by atoms with E-state index < -0.39 is 15.6 Å². The maximum Gasteiger partial charge on any atom is 0.485 e. The third kappa shape index (κ3) is 3.86. The Bertz CT molecular complexity index is 1730. The maximum atomic E-state index is 10.7. The fraction of sp³-hybridized carbons (Fsp3) is 0.0741. The number of alkyl halides is 3. The number of methoxy groups -OCH3 is 1. The van der Waals surface area contributed by atoms with Crippen molar-refractivity contribution in [3.8, 4) is 39.4 Å². The maximum absolute atomic E-state index is 10.7. The first kappa shape index (κ1) is 23.8. The minimum Gasteiger partial charge on any atom is -0.741 e. The Morgan fingerprint density at radius 1 is 0.806 bits per heavy atom. The first-order valence-corrected chi connectivity index (χ1v) is 12.2. The van der Waals surface area contributed by atoms with E-state index in [0.717, 1.165) is 5.75 Å². The third-order valence-electron chi connectivity index (χ3n) is 6.03. The number of hydrogen-bond donors (Lipinski definition) is 0. The number of hydrogen-bond acceptors (Lipinski definition) is 4. The highest BCUT2D eigenvalue weighted by molar-refractivity contribution is 7.86. The van der Waals surface area contributed by atoms with Crippen molar-refractivity contribution >= 4 is 26.4 Å². The van der Waals surface area contributed by atoms with Gasteiger partial charge in [-0.1, -0.05) is 42.5 Å². The molecule has 0 radical (unpaired) electrons. The average Bonchev–Trinajstić information content (AvgIpc) is 3.19. The highest BCUT2D eigenvalue weighted by atomic mass is 32.2. The molecular formula is C27H18F3NO4S. The highest BCUT2D eigenvalue weighted by Gasteiger charge is 2.37. The van der Waals surface area contributed by atoms with Crippen molar-refractivity contribution < 1.29 is 35.3 Å². The molecule has 0 saturated carbocycles. The summed E-state index contributed by atoms with van der Waals surface area (Å²) in [4.78, 5) is 0. The van der Waals surface area contributed by atoms with Gasteiger partial charge in [0, 0.05) is 17.5 Å². The molecule has 0 atom stereocenters. The van der Waals surface area contributed by atoms with Crippen molar-refractivity contribution in [2.24, 2.45) is 0 Å². The molecule has 0 N–H and O–H groups in total. The number of aromatic nitrogens is 1. The van der Waals surface area contributed by atoms with Crippen LogP contribution in [0.3, 0.4) is 0 Å². The second kappa shape index (κ2) is 8.61. The predicted molar refractivity (Wildman–Crippen MR) is 129 cm³/mol. The summed E-state index contributed by atoms with van der Waals surface area (Å²) in [6.45, 7) is 0. The van der Waals surface area contributed by atoms with Crippen LogP contribution in [0.4, 0.5) is 13.2 Å². The van der Waals surface area contributed by atoms with Crippen LogP contribution in [0.15, 0.2) is 91.0 Å². The summed E-state index contributed by atoms with van der Waals surface area (Å²) in [5.41, 5.74) is 3.12. The first-order valence-electron chi connectivity index (χ1n) is 10.8. The van der Waals surface area contributed by atoms with Crippen molar-refractivity contribution in [3.63, 3.8) is 0 Å². The molecule has 6 rings (SSSR count). The Balaban J connectivity index is 0.000000292. The van der Waals surface area contributed by atoms with E-state index in [4.69, 9.17) is 17.7 Å². The molecule has 0 unspecified atom stereocenters. The van der Waals surface area contributed by atoms with Crippen molar-refractivity contribution in [1.82, 2.24) is 0 Å². The molecule has 1 aliphatic heterocycles. The molecule has 3 aromatic carbocycles. The summed E-state index contributed by atoms with van der Waals surface area (Å²) >= 11 is 0. The molecule has 0 amide bonds. The minimum atomic E-state index is -6.09. The van der Waals surface area contributed by atoms with Crippen LogP contribution in [0.2, 0.25) is 0 Å². The summed E-state index contributed by atoms with van der Waals surface area (Å²) in [6, 6.07) is 32.3. The van der Waals surface area contributed by atoms with Gasteiger partial charge >= 0.3 is 5.51 Å². The zero-order valence-corrected chi connectivity index (χ0v) is 19.6. The van der Waals surface area contributed by atoms with E-state index in [2.05, 4.69) is 95.4 Å². The summed E-state index contributed by atoms with van der Waals surface area (Å²) < 4.78 is 66.9. The van der Waals surface area contributed by atoms with Crippen LogP contribution in [0.5, 0.6) is 5.75 Å². The number of ether oxygens (including phenoxy) is 1. The Labute approximate surface area is 204 Å². The van der Waals surface area contributed by atoms with E-state index in [1.807, 2.05) is 0 Å². The van der Waals surface area contributed by atoms with Crippen molar-refractivity contribution in [2.45, 2.75) is 5.51 Å². The largest absolute Gasteiger partial charge is 0.741 e. The molecule has 5 nitrogen and oxygen atoms in total. The fourth-order valence-electron chi connectivity index (χ4n) is 4.56. The van der Waals surface area contributed by atoms with Crippen molar-refractivity contribution in [1.29, 1.82) is 0 Å². The van der Waals surface area contributed by atoms with Crippen LogP contribution >= 0.6 is 0 Å². The molecule has 36 heavy (non-hydrogen) atoms. The number of halogens is 3. The van der Waals surface area contributed by atoms with Crippen molar-refractivity contribution in [3.05, 3.63) is 91.0 Å². The van der Waals surface area contributed by atoms with Crippen LogP contribution in [-0.2, 0) is 10.1 Å². The van der Waals surface area contributed by atoms with E-state index >= 15 is 0 Å². The monoisotopic (exact) mass is 509 g/mol. The van der Waals surface area contributed by atoms with Gasteiger partial charge in [0.2, 0.25) is 16.9 Å². The van der Waals surface area contributed by atoms with E-state index in [-0.39, 0.29) is 0 Å². The van der Waals surface area contributed by atoms with Crippen LogP contribution in [-0.4, -0.2) is 25.6 Å². The van der Waals surface area contributed by atoms with Crippen LogP contribution in [0.1, 0.15) is 0 Å². The second-order valence-corrected chi connectivity index (χ2v) is 9.45. The van der Waals surface area contributed by atoms with Gasteiger partial charge in [0.15, 0.2) is 10.1 Å². The van der Waals surface area contributed by atoms with Crippen LogP contribution in [0, 0.1) is 0 Å². The van der Waals surface area contributed by atoms with Gasteiger partial charge < -0.3 is 9.29 Å². The van der Waals surface area contributed by atoms with Gasteiger partial charge in [-0.05, 0) is 42.0 Å². The molecule has 3 heterocycles. The number of fused-ring (bicyclic) bond motifs is 5. The van der Waals surface area contributed by atoms with Gasteiger partial charge in [0.05, 0.1) is 29.2 Å². The normalized spacial score (nSPS) is 12.2. The number of rotatable bonds is 2. The van der Waals surface area contributed by atoms with Gasteiger partial charge in [-0.2, -0.15) is 17.6 Å². The SMILES string of the molecule is COc1ccc2c(c1)c(-c1ccccc1)c1[n+]3c(cccc23)-c2ccccc2-1.O=S(=O)([O-])C(F)(F)F. The molecule has 2 aromatic heterocycles. The molecule has 182 valence electrons. The van der Waals surface area contributed by atoms with Crippen LogP contribution in [0.25, 0.3) is 49.9 Å². The van der Waals surface area contributed by atoms with Gasteiger partial charge in [-0.3, -0.25) is 0 Å². The Morgan fingerprint density at radius 2 is 1.44 bits per heavy atom. The molecule has 0 fully saturated rings. The zero-order chi connectivity index (χ0) is 25.7. The molecule has 0 spiro atoms. The smallest absolute Gasteiger partial charge is 0.485 e. The first-order chi connectivity index (χ1) is 17.1. The average molecular weight is 510 g/mol. The standard InChI is InChI=1S/C26H18NO.CHF3O3S/c1-28-18-14-15-20-22(16-18)25(17-8-3-2-4-9-17)26-21-11-6-5-10-19(21)23-12-7-13-24(20)27(23)26;2-1(3,4)8(5,6)7/h2-16H,1H3;(H,5,6,7)/q+1;/p-1. The lowest BCUT2D eigenvalue weighted by Crippen LogP contribution is -2.25. The minimum absolute atomic E-state index is 0.878. The van der Waals surface area contributed by atoms with E-state index in [1.165, 1.54) is 49.9 Å². The lowest BCUT2D eigenvalue weighted by Gasteiger charge is -2.11. The summed E-state index contributed by atoms with van der Waals surface area (Å²) in [5.74, 6) is 0.878. The number of nitrogens with zero attached hydrogens (tertiary/aromatic N) is 1. The molecule has 5 aromatic rings. The van der Waals surface area contributed by atoms with Gasteiger partial charge in [0.25, 0.3) is 0 Å².